The molecule has 1 amide bonds. The number of amides is 1. The second-order valence-corrected chi connectivity index (χ2v) is 6.77. The van der Waals surface area contributed by atoms with Gasteiger partial charge in [-0.05, 0) is 26.7 Å². The number of hydrogen-bond donors (Lipinski definition) is 1. The van der Waals surface area contributed by atoms with Gasteiger partial charge in [0.2, 0.25) is 5.91 Å². The molecule has 2 fully saturated rings. The lowest BCUT2D eigenvalue weighted by molar-refractivity contribution is -0.136. The van der Waals surface area contributed by atoms with Gasteiger partial charge in [-0.2, -0.15) is 0 Å². The molecule has 2 saturated heterocycles. The SMILES string of the molecule is CCC1(C)CCSC(=NC(C)C(=O)N2CCOCC2)N1. The van der Waals surface area contributed by atoms with Crippen LogP contribution >= 0.6 is 11.8 Å². The number of rotatable bonds is 3. The molecule has 5 nitrogen and oxygen atoms in total. The van der Waals surface area contributed by atoms with Crippen LogP contribution in [0.25, 0.3) is 0 Å². The molecule has 2 aliphatic rings. The van der Waals surface area contributed by atoms with Crippen molar-refractivity contribution in [1.82, 2.24) is 10.2 Å². The predicted octanol–water partition coefficient (Wildman–Crippen LogP) is 1.48. The Bertz CT molecular complexity index is 383. The summed E-state index contributed by atoms with van der Waals surface area (Å²) in [6, 6.07) is -0.317. The lowest BCUT2D eigenvalue weighted by Gasteiger charge is -2.35. The Morgan fingerprint density at radius 2 is 2.25 bits per heavy atom. The van der Waals surface area contributed by atoms with Crippen LogP contribution in [-0.4, -0.2) is 59.6 Å². The van der Waals surface area contributed by atoms with Crippen molar-refractivity contribution in [3.63, 3.8) is 0 Å². The monoisotopic (exact) mass is 299 g/mol. The summed E-state index contributed by atoms with van der Waals surface area (Å²) in [5.41, 5.74) is 0.117. The molecule has 2 rings (SSSR count). The zero-order chi connectivity index (χ0) is 14.6. The Morgan fingerprint density at radius 3 is 2.90 bits per heavy atom. The van der Waals surface area contributed by atoms with Crippen molar-refractivity contribution in [1.29, 1.82) is 0 Å². The number of hydrogen-bond acceptors (Lipinski definition) is 4. The van der Waals surface area contributed by atoms with E-state index < -0.39 is 0 Å². The van der Waals surface area contributed by atoms with E-state index in [1.54, 1.807) is 11.8 Å². The number of morpholine rings is 1. The molecule has 1 N–H and O–H groups in total. The summed E-state index contributed by atoms with van der Waals surface area (Å²) in [6.45, 7) is 8.92. The van der Waals surface area contributed by atoms with Crippen LogP contribution in [-0.2, 0) is 9.53 Å². The summed E-state index contributed by atoms with van der Waals surface area (Å²) in [5, 5.41) is 4.40. The van der Waals surface area contributed by atoms with E-state index in [-0.39, 0.29) is 17.5 Å². The van der Waals surface area contributed by atoms with Crippen molar-refractivity contribution in [3.05, 3.63) is 0 Å². The second kappa shape index (κ2) is 6.80. The van der Waals surface area contributed by atoms with E-state index in [1.807, 2.05) is 11.8 Å². The molecular weight excluding hydrogens is 274 g/mol. The number of carbonyl (C=O) groups excluding carboxylic acids is 1. The molecule has 0 aliphatic carbocycles. The fourth-order valence-electron chi connectivity index (χ4n) is 2.34. The summed E-state index contributed by atoms with van der Waals surface area (Å²) in [5.74, 6) is 1.17. The third-order valence-electron chi connectivity index (χ3n) is 4.07. The first-order chi connectivity index (χ1) is 9.54. The summed E-state index contributed by atoms with van der Waals surface area (Å²) < 4.78 is 5.28. The Labute approximate surface area is 125 Å². The Kier molecular flexibility index (Phi) is 5.32. The Morgan fingerprint density at radius 1 is 1.55 bits per heavy atom. The molecule has 0 bridgehead atoms. The van der Waals surface area contributed by atoms with Crippen LogP contribution in [0.2, 0.25) is 0 Å². The average Bonchev–Trinajstić information content (AvgIpc) is 2.47. The van der Waals surface area contributed by atoms with E-state index >= 15 is 0 Å². The molecule has 0 aromatic carbocycles. The van der Waals surface area contributed by atoms with Crippen molar-refractivity contribution in [3.8, 4) is 0 Å². The molecule has 0 aromatic heterocycles. The van der Waals surface area contributed by atoms with Gasteiger partial charge in [0.15, 0.2) is 5.17 Å². The quantitative estimate of drug-likeness (QED) is 0.858. The zero-order valence-corrected chi connectivity index (χ0v) is 13.5. The molecule has 0 aromatic rings. The van der Waals surface area contributed by atoms with Crippen LogP contribution in [0.4, 0.5) is 0 Å². The molecule has 2 aliphatic heterocycles. The summed E-state index contributed by atoms with van der Waals surface area (Å²) in [4.78, 5) is 18.8. The van der Waals surface area contributed by atoms with Crippen LogP contribution in [0.1, 0.15) is 33.6 Å². The van der Waals surface area contributed by atoms with Crippen molar-refractivity contribution in [2.45, 2.75) is 45.2 Å². The smallest absolute Gasteiger partial charge is 0.247 e. The fourth-order valence-corrected chi connectivity index (χ4v) is 3.64. The molecule has 2 heterocycles. The highest BCUT2D eigenvalue weighted by Crippen LogP contribution is 2.25. The van der Waals surface area contributed by atoms with Crippen LogP contribution < -0.4 is 5.32 Å². The molecule has 20 heavy (non-hydrogen) atoms. The summed E-state index contributed by atoms with van der Waals surface area (Å²) in [6.07, 6.45) is 2.21. The van der Waals surface area contributed by atoms with E-state index in [0.29, 0.717) is 26.3 Å². The van der Waals surface area contributed by atoms with Gasteiger partial charge in [0.05, 0.1) is 13.2 Å². The van der Waals surface area contributed by atoms with E-state index in [2.05, 4.69) is 24.2 Å². The van der Waals surface area contributed by atoms with Gasteiger partial charge in [0, 0.05) is 24.4 Å². The minimum absolute atomic E-state index is 0.104. The maximum atomic E-state index is 12.3. The highest BCUT2D eigenvalue weighted by Gasteiger charge is 2.29. The van der Waals surface area contributed by atoms with E-state index in [4.69, 9.17) is 4.74 Å². The van der Waals surface area contributed by atoms with Crippen LogP contribution in [0.5, 0.6) is 0 Å². The molecule has 0 radical (unpaired) electrons. The topological polar surface area (TPSA) is 53.9 Å². The van der Waals surface area contributed by atoms with Crippen molar-refractivity contribution >= 4 is 22.8 Å². The van der Waals surface area contributed by atoms with Gasteiger partial charge in [-0.15, -0.1) is 0 Å². The molecular formula is C14H25N3O2S. The molecule has 114 valence electrons. The number of aliphatic imine (C=N–C) groups is 1. The van der Waals surface area contributed by atoms with Gasteiger partial charge in [0.25, 0.3) is 0 Å². The molecule has 2 atom stereocenters. The van der Waals surface area contributed by atoms with Crippen molar-refractivity contribution in [2.75, 3.05) is 32.1 Å². The van der Waals surface area contributed by atoms with Gasteiger partial charge >= 0.3 is 0 Å². The third kappa shape index (κ3) is 3.88. The first-order valence-corrected chi connectivity index (χ1v) is 8.38. The van der Waals surface area contributed by atoms with Crippen LogP contribution in [0.3, 0.4) is 0 Å². The van der Waals surface area contributed by atoms with Crippen LogP contribution in [0, 0.1) is 0 Å². The summed E-state index contributed by atoms with van der Waals surface area (Å²) >= 11 is 1.72. The van der Waals surface area contributed by atoms with E-state index in [9.17, 15) is 4.79 Å². The molecule has 0 spiro atoms. The lowest BCUT2D eigenvalue weighted by atomic mass is 9.96. The van der Waals surface area contributed by atoms with E-state index in [0.717, 1.165) is 23.8 Å². The maximum absolute atomic E-state index is 12.3. The maximum Gasteiger partial charge on any atom is 0.247 e. The number of thioether (sulfide) groups is 1. The minimum atomic E-state index is -0.317. The second-order valence-electron chi connectivity index (χ2n) is 5.69. The Hall–Kier alpha value is -0.750. The highest BCUT2D eigenvalue weighted by molar-refractivity contribution is 8.13. The summed E-state index contributed by atoms with van der Waals surface area (Å²) in [7, 11) is 0. The predicted molar refractivity (Wildman–Crippen MR) is 83.2 cm³/mol. The number of carbonyl (C=O) groups is 1. The van der Waals surface area contributed by atoms with Crippen molar-refractivity contribution < 1.29 is 9.53 Å². The van der Waals surface area contributed by atoms with Gasteiger partial charge in [-0.1, -0.05) is 18.7 Å². The first-order valence-electron chi connectivity index (χ1n) is 7.39. The van der Waals surface area contributed by atoms with Gasteiger partial charge in [0.1, 0.15) is 6.04 Å². The first kappa shape index (κ1) is 15.6. The molecule has 6 heteroatoms. The standard InChI is InChI=1S/C14H25N3O2S/c1-4-14(3)5-10-20-13(16-14)15-11(2)12(18)17-6-8-19-9-7-17/h11H,4-10H2,1-3H3,(H,15,16). The zero-order valence-electron chi connectivity index (χ0n) is 12.6. The minimum Gasteiger partial charge on any atom is -0.378 e. The normalized spacial score (nSPS) is 30.9. The van der Waals surface area contributed by atoms with Crippen LogP contribution in [0.15, 0.2) is 4.99 Å². The number of nitrogens with one attached hydrogen (secondary N) is 1. The molecule has 0 saturated carbocycles. The number of amidine groups is 1. The fraction of sp³-hybridized carbons (Fsp3) is 0.857. The van der Waals surface area contributed by atoms with Gasteiger partial charge < -0.3 is 15.0 Å². The largest absolute Gasteiger partial charge is 0.378 e. The Balaban J connectivity index is 1.96. The van der Waals surface area contributed by atoms with E-state index in [1.165, 1.54) is 0 Å². The van der Waals surface area contributed by atoms with Crippen molar-refractivity contribution in [2.24, 2.45) is 4.99 Å². The van der Waals surface area contributed by atoms with Gasteiger partial charge in [-0.3, -0.25) is 4.79 Å². The average molecular weight is 299 g/mol. The number of nitrogens with zero attached hydrogens (tertiary/aromatic N) is 2. The third-order valence-corrected chi connectivity index (χ3v) is 4.96. The lowest BCUT2D eigenvalue weighted by Crippen LogP contribution is -2.49. The van der Waals surface area contributed by atoms with Gasteiger partial charge in [-0.25, -0.2) is 4.99 Å². The molecule has 2 unspecified atom stereocenters. The number of ether oxygens (including phenoxy) is 1. The highest BCUT2D eigenvalue weighted by atomic mass is 32.2.